The van der Waals surface area contributed by atoms with Crippen molar-refractivity contribution in [2.24, 2.45) is 0 Å². The number of para-hydroxylation sites is 2. The van der Waals surface area contributed by atoms with Crippen LogP contribution in [0.4, 0.5) is 10.8 Å². The third kappa shape index (κ3) is 3.98. The summed E-state index contributed by atoms with van der Waals surface area (Å²) in [6.45, 7) is 1.96. The van der Waals surface area contributed by atoms with E-state index in [0.717, 1.165) is 15.8 Å². The molecule has 0 unspecified atom stereocenters. The van der Waals surface area contributed by atoms with Crippen LogP contribution in [0.3, 0.4) is 0 Å². The van der Waals surface area contributed by atoms with E-state index in [1.807, 2.05) is 25.1 Å². The Bertz CT molecular complexity index is 1300. The van der Waals surface area contributed by atoms with Crippen molar-refractivity contribution in [1.82, 2.24) is 4.98 Å². The van der Waals surface area contributed by atoms with E-state index >= 15 is 0 Å². The first-order valence-corrected chi connectivity index (χ1v) is 11.1. The highest BCUT2D eigenvalue weighted by Crippen LogP contribution is 2.29. The fourth-order valence-corrected chi connectivity index (χ4v) is 4.92. The van der Waals surface area contributed by atoms with Crippen LogP contribution in [0.5, 0.6) is 0 Å². The van der Waals surface area contributed by atoms with Crippen molar-refractivity contribution in [2.45, 2.75) is 11.8 Å². The molecule has 1 aromatic heterocycles. The molecular weight excluding hydrogens is 406 g/mol. The van der Waals surface area contributed by atoms with Gasteiger partial charge in [-0.15, -0.1) is 0 Å². The number of rotatable bonds is 5. The summed E-state index contributed by atoms with van der Waals surface area (Å²) in [6, 6.07) is 20.3. The van der Waals surface area contributed by atoms with E-state index in [0.29, 0.717) is 5.13 Å². The molecule has 4 rings (SSSR count). The second-order valence-corrected chi connectivity index (χ2v) is 9.07. The predicted molar refractivity (Wildman–Crippen MR) is 116 cm³/mol. The molecule has 6 nitrogen and oxygen atoms in total. The number of aryl methyl sites for hydroxylation is 1. The van der Waals surface area contributed by atoms with Gasteiger partial charge in [-0.3, -0.25) is 14.8 Å². The number of sulfonamides is 1. The van der Waals surface area contributed by atoms with Crippen molar-refractivity contribution in [3.63, 3.8) is 0 Å². The molecule has 0 spiro atoms. The van der Waals surface area contributed by atoms with E-state index in [1.165, 1.54) is 23.5 Å². The Balaban J connectivity index is 1.62. The van der Waals surface area contributed by atoms with E-state index < -0.39 is 15.9 Å². The van der Waals surface area contributed by atoms with Gasteiger partial charge in [0.1, 0.15) is 0 Å². The van der Waals surface area contributed by atoms with Gasteiger partial charge < -0.3 is 0 Å². The van der Waals surface area contributed by atoms with Gasteiger partial charge in [0.05, 0.1) is 26.4 Å². The normalized spacial score (nSPS) is 11.3. The minimum Gasteiger partial charge on any atom is -0.298 e. The number of benzene rings is 3. The van der Waals surface area contributed by atoms with Gasteiger partial charge in [-0.1, -0.05) is 53.8 Å². The quantitative estimate of drug-likeness (QED) is 0.489. The van der Waals surface area contributed by atoms with Crippen LogP contribution < -0.4 is 10.0 Å². The van der Waals surface area contributed by atoms with Gasteiger partial charge in [-0.2, -0.15) is 0 Å². The van der Waals surface area contributed by atoms with Gasteiger partial charge in [0.2, 0.25) is 0 Å². The van der Waals surface area contributed by atoms with Crippen LogP contribution in [-0.2, 0) is 10.0 Å². The fraction of sp³-hybridized carbons (Fsp3) is 0.0476. The van der Waals surface area contributed by atoms with Crippen LogP contribution in [-0.4, -0.2) is 19.3 Å². The average molecular weight is 424 g/mol. The lowest BCUT2D eigenvalue weighted by atomic mass is 10.2. The summed E-state index contributed by atoms with van der Waals surface area (Å²) in [5.74, 6) is -0.437. The lowest BCUT2D eigenvalue weighted by molar-refractivity contribution is 0.102. The zero-order valence-corrected chi connectivity index (χ0v) is 17.0. The molecule has 146 valence electrons. The van der Waals surface area contributed by atoms with Crippen molar-refractivity contribution in [1.29, 1.82) is 0 Å². The van der Waals surface area contributed by atoms with Crippen LogP contribution in [0.1, 0.15) is 15.9 Å². The summed E-state index contributed by atoms with van der Waals surface area (Å²) >= 11 is 1.37. The first-order chi connectivity index (χ1) is 13.9. The summed E-state index contributed by atoms with van der Waals surface area (Å²) in [4.78, 5) is 17.4. The first-order valence-electron chi connectivity index (χ1n) is 8.78. The highest BCUT2D eigenvalue weighted by molar-refractivity contribution is 7.92. The number of anilines is 2. The molecule has 0 aliphatic rings. The molecule has 1 heterocycles. The Morgan fingerprint density at radius 1 is 0.931 bits per heavy atom. The number of carbonyl (C=O) groups excluding carboxylic acids is 1. The predicted octanol–water partition coefficient (Wildman–Crippen LogP) is 4.66. The summed E-state index contributed by atoms with van der Waals surface area (Å²) in [6.07, 6.45) is 0. The zero-order valence-electron chi connectivity index (χ0n) is 15.4. The summed E-state index contributed by atoms with van der Waals surface area (Å²) < 4.78 is 28.7. The zero-order chi connectivity index (χ0) is 20.4. The number of nitrogens with one attached hydrogen (secondary N) is 2. The molecular formula is C21H17N3O3S2. The van der Waals surface area contributed by atoms with Gasteiger partial charge in [-0.25, -0.2) is 13.4 Å². The van der Waals surface area contributed by atoms with Crippen molar-refractivity contribution >= 4 is 48.3 Å². The number of hydrogen-bond acceptors (Lipinski definition) is 5. The molecule has 3 aromatic carbocycles. The summed E-state index contributed by atoms with van der Waals surface area (Å²) in [5, 5.41) is 3.23. The summed E-state index contributed by atoms with van der Waals surface area (Å²) in [7, 11) is -3.81. The number of fused-ring (bicyclic) bond motifs is 1. The van der Waals surface area contributed by atoms with E-state index in [1.54, 1.807) is 42.5 Å². The molecule has 0 saturated heterocycles. The van der Waals surface area contributed by atoms with Gasteiger partial charge in [0.25, 0.3) is 15.9 Å². The molecule has 1 amide bonds. The largest absolute Gasteiger partial charge is 0.298 e. The fourth-order valence-electron chi connectivity index (χ4n) is 2.88. The smallest absolute Gasteiger partial charge is 0.261 e. The maximum Gasteiger partial charge on any atom is 0.261 e. The molecule has 8 heteroatoms. The number of carbonyl (C=O) groups is 1. The highest BCUT2D eigenvalue weighted by atomic mass is 32.2. The van der Waals surface area contributed by atoms with Crippen LogP contribution >= 0.6 is 11.3 Å². The van der Waals surface area contributed by atoms with Crippen molar-refractivity contribution in [3.8, 4) is 0 Å². The van der Waals surface area contributed by atoms with Crippen molar-refractivity contribution in [3.05, 3.63) is 83.9 Å². The SMILES string of the molecule is Cc1cccc2sc(NC(=O)c3ccccc3NS(=O)(=O)c3ccccc3)nc12. The lowest BCUT2D eigenvalue weighted by Gasteiger charge is -2.12. The van der Waals surface area contributed by atoms with Crippen LogP contribution in [0.2, 0.25) is 0 Å². The molecule has 0 aliphatic heterocycles. The molecule has 29 heavy (non-hydrogen) atoms. The molecule has 0 bridgehead atoms. The van der Waals surface area contributed by atoms with E-state index in [4.69, 9.17) is 0 Å². The van der Waals surface area contributed by atoms with E-state index in [-0.39, 0.29) is 16.1 Å². The second-order valence-electron chi connectivity index (χ2n) is 6.36. The number of hydrogen-bond donors (Lipinski definition) is 2. The van der Waals surface area contributed by atoms with E-state index in [2.05, 4.69) is 15.0 Å². The monoisotopic (exact) mass is 423 g/mol. The Morgan fingerprint density at radius 3 is 2.41 bits per heavy atom. The van der Waals surface area contributed by atoms with Crippen molar-refractivity contribution < 1.29 is 13.2 Å². The standard InChI is InChI=1S/C21H17N3O3S2/c1-14-8-7-13-18-19(14)22-21(28-18)23-20(25)16-11-5-6-12-17(16)24-29(26,27)15-9-3-2-4-10-15/h2-13,24H,1H3,(H,22,23,25). The topological polar surface area (TPSA) is 88.2 Å². The molecule has 0 radical (unpaired) electrons. The third-order valence-corrected chi connectivity index (χ3v) is 6.63. The minimum absolute atomic E-state index is 0.122. The number of amides is 1. The Kier molecular flexibility index (Phi) is 5.04. The lowest BCUT2D eigenvalue weighted by Crippen LogP contribution is -2.18. The molecule has 0 fully saturated rings. The number of nitrogens with zero attached hydrogens (tertiary/aromatic N) is 1. The minimum atomic E-state index is -3.81. The van der Waals surface area contributed by atoms with Gasteiger partial charge >= 0.3 is 0 Å². The second kappa shape index (κ2) is 7.65. The molecule has 0 atom stereocenters. The first kappa shape index (κ1) is 19.1. The average Bonchev–Trinajstić information content (AvgIpc) is 3.12. The third-order valence-electron chi connectivity index (χ3n) is 4.31. The maximum absolute atomic E-state index is 12.8. The number of thiazole rings is 1. The maximum atomic E-state index is 12.8. The summed E-state index contributed by atoms with van der Waals surface area (Å²) in [5.41, 5.74) is 2.27. The van der Waals surface area contributed by atoms with Crippen molar-refractivity contribution in [2.75, 3.05) is 10.0 Å². The number of aromatic nitrogens is 1. The Labute approximate surface area is 172 Å². The molecule has 4 aromatic rings. The van der Waals surface area contributed by atoms with Crippen LogP contribution in [0.25, 0.3) is 10.2 Å². The molecule has 0 aliphatic carbocycles. The van der Waals surface area contributed by atoms with Crippen LogP contribution in [0.15, 0.2) is 77.7 Å². The Hall–Kier alpha value is -3.23. The highest BCUT2D eigenvalue weighted by Gasteiger charge is 2.19. The van der Waals surface area contributed by atoms with Gasteiger partial charge in [0, 0.05) is 0 Å². The molecule has 0 saturated carbocycles. The molecule has 2 N–H and O–H groups in total. The van der Waals surface area contributed by atoms with Gasteiger partial charge in [-0.05, 0) is 42.8 Å². The van der Waals surface area contributed by atoms with E-state index in [9.17, 15) is 13.2 Å². The van der Waals surface area contributed by atoms with Gasteiger partial charge in [0.15, 0.2) is 5.13 Å². The van der Waals surface area contributed by atoms with Crippen LogP contribution in [0, 0.1) is 6.92 Å². The Morgan fingerprint density at radius 2 is 1.66 bits per heavy atom.